The lowest BCUT2D eigenvalue weighted by molar-refractivity contribution is 0.0945. The molecular weight excluding hydrogens is 330 g/mol. The molecule has 128 valence electrons. The number of rotatable bonds is 5. The number of amides is 1. The van der Waals surface area contributed by atoms with Crippen molar-refractivity contribution in [2.45, 2.75) is 6.54 Å². The molecule has 0 aliphatic carbocycles. The summed E-state index contributed by atoms with van der Waals surface area (Å²) in [5, 5.41) is 9.18. The van der Waals surface area contributed by atoms with Crippen molar-refractivity contribution >= 4 is 5.91 Å². The van der Waals surface area contributed by atoms with Crippen molar-refractivity contribution in [1.29, 1.82) is 0 Å². The van der Waals surface area contributed by atoms with Crippen LogP contribution in [0.25, 0.3) is 11.3 Å². The fourth-order valence-electron chi connectivity index (χ4n) is 2.25. The Kier molecular flexibility index (Phi) is 4.69. The van der Waals surface area contributed by atoms with Crippen LogP contribution in [0.15, 0.2) is 42.7 Å². The lowest BCUT2D eigenvalue weighted by Crippen LogP contribution is -2.24. The maximum absolute atomic E-state index is 13.9. The molecule has 25 heavy (non-hydrogen) atoms. The second kappa shape index (κ2) is 7.08. The number of ether oxygens (including phenoxy) is 1. The molecule has 2 aromatic heterocycles. The first-order chi connectivity index (χ1) is 12.1. The number of nitrogens with one attached hydrogen (secondary N) is 2. The van der Waals surface area contributed by atoms with Crippen molar-refractivity contribution in [3.63, 3.8) is 0 Å². The van der Waals surface area contributed by atoms with Gasteiger partial charge in [-0.1, -0.05) is 6.07 Å². The Morgan fingerprint density at radius 3 is 2.68 bits per heavy atom. The number of H-pyrrole nitrogens is 1. The minimum absolute atomic E-state index is 0.0144. The number of hydrogen-bond donors (Lipinski definition) is 2. The molecular formula is C17H14F2N4O2. The van der Waals surface area contributed by atoms with Crippen LogP contribution in [-0.4, -0.2) is 28.2 Å². The highest BCUT2D eigenvalue weighted by Gasteiger charge is 2.16. The number of hydrogen-bond acceptors (Lipinski definition) is 4. The normalized spacial score (nSPS) is 10.5. The number of aromatic nitrogens is 3. The average Bonchev–Trinajstić information content (AvgIpc) is 3.14. The number of aromatic amines is 1. The standard InChI is InChI=1S/C17H14F2N4O2/c1-25-14-3-2-11(15(18)16(14)19)9-21-17(24)13-8-12(22-23-13)10-4-6-20-7-5-10/h2-8H,9H2,1H3,(H,21,24)(H,22,23). The zero-order chi connectivity index (χ0) is 17.8. The zero-order valence-corrected chi connectivity index (χ0v) is 13.2. The minimum Gasteiger partial charge on any atom is -0.494 e. The SMILES string of the molecule is COc1ccc(CNC(=O)c2cc(-c3ccncc3)n[nH]2)c(F)c1F. The van der Waals surface area contributed by atoms with Crippen LogP contribution >= 0.6 is 0 Å². The molecule has 2 heterocycles. The van der Waals surface area contributed by atoms with Gasteiger partial charge in [0.2, 0.25) is 5.82 Å². The number of carbonyl (C=O) groups is 1. The van der Waals surface area contributed by atoms with E-state index in [0.29, 0.717) is 5.69 Å². The van der Waals surface area contributed by atoms with E-state index in [1.807, 2.05) is 0 Å². The summed E-state index contributed by atoms with van der Waals surface area (Å²) in [6.07, 6.45) is 3.23. The monoisotopic (exact) mass is 344 g/mol. The third kappa shape index (κ3) is 3.47. The fraction of sp³-hybridized carbons (Fsp3) is 0.118. The number of halogens is 2. The van der Waals surface area contributed by atoms with Gasteiger partial charge in [0.25, 0.3) is 5.91 Å². The Labute approximate surface area is 141 Å². The van der Waals surface area contributed by atoms with Crippen LogP contribution in [-0.2, 0) is 6.54 Å². The third-order valence-corrected chi connectivity index (χ3v) is 3.58. The number of benzene rings is 1. The first-order valence-electron chi connectivity index (χ1n) is 7.35. The van der Waals surface area contributed by atoms with E-state index in [9.17, 15) is 13.6 Å². The van der Waals surface area contributed by atoms with Crippen molar-refractivity contribution in [2.24, 2.45) is 0 Å². The highest BCUT2D eigenvalue weighted by Crippen LogP contribution is 2.22. The van der Waals surface area contributed by atoms with Crippen molar-refractivity contribution in [3.8, 4) is 17.0 Å². The molecule has 1 aromatic carbocycles. The summed E-state index contributed by atoms with van der Waals surface area (Å²) in [6.45, 7) is -0.171. The van der Waals surface area contributed by atoms with Gasteiger partial charge in [0, 0.05) is 30.1 Å². The van der Waals surface area contributed by atoms with Gasteiger partial charge in [-0.05, 0) is 24.3 Å². The van der Waals surface area contributed by atoms with E-state index in [1.165, 1.54) is 19.2 Å². The smallest absolute Gasteiger partial charge is 0.269 e. The van der Waals surface area contributed by atoms with E-state index in [-0.39, 0.29) is 23.6 Å². The van der Waals surface area contributed by atoms with Crippen molar-refractivity contribution in [1.82, 2.24) is 20.5 Å². The summed E-state index contributed by atoms with van der Waals surface area (Å²) in [5.41, 5.74) is 1.60. The van der Waals surface area contributed by atoms with Gasteiger partial charge >= 0.3 is 0 Å². The Morgan fingerprint density at radius 2 is 1.96 bits per heavy atom. The second-order valence-corrected chi connectivity index (χ2v) is 5.14. The summed E-state index contributed by atoms with van der Waals surface area (Å²) >= 11 is 0. The molecule has 0 atom stereocenters. The van der Waals surface area contributed by atoms with Crippen molar-refractivity contribution in [2.75, 3.05) is 7.11 Å². The maximum Gasteiger partial charge on any atom is 0.269 e. The van der Waals surface area contributed by atoms with E-state index >= 15 is 0 Å². The molecule has 3 rings (SSSR count). The van der Waals surface area contributed by atoms with Gasteiger partial charge in [0.15, 0.2) is 11.6 Å². The predicted molar refractivity (Wildman–Crippen MR) is 85.9 cm³/mol. The van der Waals surface area contributed by atoms with E-state index in [0.717, 1.165) is 5.56 Å². The summed E-state index contributed by atoms with van der Waals surface area (Å²) in [7, 11) is 1.25. The summed E-state index contributed by atoms with van der Waals surface area (Å²) in [6, 6.07) is 7.74. The quantitative estimate of drug-likeness (QED) is 0.746. The van der Waals surface area contributed by atoms with Crippen LogP contribution in [0.2, 0.25) is 0 Å². The number of nitrogens with zero attached hydrogens (tertiary/aromatic N) is 2. The lowest BCUT2D eigenvalue weighted by Gasteiger charge is -2.08. The molecule has 0 spiro atoms. The molecule has 0 aliphatic rings. The zero-order valence-electron chi connectivity index (χ0n) is 13.2. The van der Waals surface area contributed by atoms with Crippen LogP contribution < -0.4 is 10.1 Å². The topological polar surface area (TPSA) is 79.9 Å². The van der Waals surface area contributed by atoms with E-state index < -0.39 is 17.5 Å². The molecule has 0 fully saturated rings. The number of pyridine rings is 1. The average molecular weight is 344 g/mol. The van der Waals surface area contributed by atoms with Gasteiger partial charge in [-0.25, -0.2) is 4.39 Å². The van der Waals surface area contributed by atoms with Gasteiger partial charge < -0.3 is 10.1 Å². The van der Waals surface area contributed by atoms with E-state index in [1.54, 1.807) is 30.6 Å². The minimum atomic E-state index is -1.09. The highest BCUT2D eigenvalue weighted by molar-refractivity contribution is 5.93. The first kappa shape index (κ1) is 16.6. The van der Waals surface area contributed by atoms with E-state index in [2.05, 4.69) is 20.5 Å². The molecule has 3 aromatic rings. The van der Waals surface area contributed by atoms with Gasteiger partial charge in [-0.2, -0.15) is 9.49 Å². The van der Waals surface area contributed by atoms with Gasteiger partial charge in [-0.3, -0.25) is 14.9 Å². The number of methoxy groups -OCH3 is 1. The molecule has 6 nitrogen and oxygen atoms in total. The largest absolute Gasteiger partial charge is 0.494 e. The van der Waals surface area contributed by atoms with Crippen LogP contribution in [0.4, 0.5) is 8.78 Å². The molecule has 1 amide bonds. The second-order valence-electron chi connectivity index (χ2n) is 5.14. The Bertz CT molecular complexity index is 897. The Hall–Kier alpha value is -3.29. The highest BCUT2D eigenvalue weighted by atomic mass is 19.2. The molecule has 8 heteroatoms. The summed E-state index contributed by atoms with van der Waals surface area (Å²) in [5.74, 6) is -2.82. The molecule has 2 N–H and O–H groups in total. The molecule has 0 bridgehead atoms. The van der Waals surface area contributed by atoms with Crippen LogP contribution in [0, 0.1) is 11.6 Å². The van der Waals surface area contributed by atoms with Crippen LogP contribution in [0.1, 0.15) is 16.1 Å². The Morgan fingerprint density at radius 1 is 1.20 bits per heavy atom. The first-order valence-corrected chi connectivity index (χ1v) is 7.35. The maximum atomic E-state index is 13.9. The van der Waals surface area contributed by atoms with Gasteiger partial charge in [0.1, 0.15) is 5.69 Å². The van der Waals surface area contributed by atoms with Gasteiger partial charge in [-0.15, -0.1) is 0 Å². The molecule has 0 saturated heterocycles. The predicted octanol–water partition coefficient (Wildman–Crippen LogP) is 2.69. The van der Waals surface area contributed by atoms with Crippen molar-refractivity contribution in [3.05, 3.63) is 65.6 Å². The molecule has 0 saturated carbocycles. The fourth-order valence-corrected chi connectivity index (χ4v) is 2.25. The number of carbonyl (C=O) groups excluding carboxylic acids is 1. The molecule has 0 radical (unpaired) electrons. The van der Waals surface area contributed by atoms with Crippen LogP contribution in [0.5, 0.6) is 5.75 Å². The third-order valence-electron chi connectivity index (χ3n) is 3.58. The summed E-state index contributed by atoms with van der Waals surface area (Å²) < 4.78 is 32.3. The molecule has 0 aliphatic heterocycles. The van der Waals surface area contributed by atoms with Gasteiger partial charge in [0.05, 0.1) is 12.8 Å². The lowest BCUT2D eigenvalue weighted by atomic mass is 10.1. The van der Waals surface area contributed by atoms with Crippen molar-refractivity contribution < 1.29 is 18.3 Å². The van der Waals surface area contributed by atoms with Crippen LogP contribution in [0.3, 0.4) is 0 Å². The molecule has 0 unspecified atom stereocenters. The van der Waals surface area contributed by atoms with E-state index in [4.69, 9.17) is 4.74 Å². The Balaban J connectivity index is 1.70. The summed E-state index contributed by atoms with van der Waals surface area (Å²) in [4.78, 5) is 16.1.